The molecule has 7 nitrogen and oxygen atoms in total. The van der Waals surface area contributed by atoms with Gasteiger partial charge in [-0.15, -0.1) is 0 Å². The first-order valence-corrected chi connectivity index (χ1v) is 8.57. The van der Waals surface area contributed by atoms with E-state index in [9.17, 15) is 13.6 Å². The smallest absolute Gasteiger partial charge is 0.222 e. The van der Waals surface area contributed by atoms with Crippen molar-refractivity contribution in [3.8, 4) is 11.3 Å². The van der Waals surface area contributed by atoms with Gasteiger partial charge in [-0.1, -0.05) is 0 Å². The third-order valence-electron chi connectivity index (χ3n) is 4.02. The Morgan fingerprint density at radius 2 is 1.83 bits per heavy atom. The van der Waals surface area contributed by atoms with E-state index >= 15 is 0 Å². The number of halogens is 2. The van der Waals surface area contributed by atoms with Gasteiger partial charge >= 0.3 is 0 Å². The van der Waals surface area contributed by atoms with Gasteiger partial charge in [-0.3, -0.25) is 4.79 Å². The summed E-state index contributed by atoms with van der Waals surface area (Å²) >= 11 is 0. The summed E-state index contributed by atoms with van der Waals surface area (Å²) in [6.07, 6.45) is 2.85. The minimum atomic E-state index is -0.602. The number of carbonyl (C=O) groups excluding carboxylic acids is 1. The summed E-state index contributed by atoms with van der Waals surface area (Å²) in [5.74, 6) is -0.726. The number of rotatable bonds is 4. The largest absolute Gasteiger partial charge is 0.339 e. The molecule has 0 aliphatic carbocycles. The first kappa shape index (κ1) is 18.4. The van der Waals surface area contributed by atoms with Crippen LogP contribution in [-0.2, 0) is 4.79 Å². The van der Waals surface area contributed by atoms with Crippen molar-refractivity contribution < 1.29 is 13.6 Å². The molecule has 1 amide bonds. The van der Waals surface area contributed by atoms with Crippen LogP contribution >= 0.6 is 0 Å². The Morgan fingerprint density at radius 3 is 2.66 bits per heavy atom. The summed E-state index contributed by atoms with van der Waals surface area (Å²) in [5.41, 5.74) is 1.12. The van der Waals surface area contributed by atoms with Crippen LogP contribution in [0.5, 0.6) is 0 Å². The molecule has 3 heterocycles. The number of amides is 1. The van der Waals surface area contributed by atoms with Crippen molar-refractivity contribution in [3.63, 3.8) is 0 Å². The number of fused-ring (bicyclic) bond motifs is 1. The Bertz CT molecular complexity index is 1230. The molecule has 0 bridgehead atoms. The van der Waals surface area contributed by atoms with Gasteiger partial charge in [0.15, 0.2) is 5.65 Å². The molecule has 0 fully saturated rings. The van der Waals surface area contributed by atoms with Crippen molar-refractivity contribution >= 4 is 34.3 Å². The van der Waals surface area contributed by atoms with Gasteiger partial charge in [0.05, 0.1) is 11.4 Å². The lowest BCUT2D eigenvalue weighted by molar-refractivity contribution is -0.114. The maximum Gasteiger partial charge on any atom is 0.222 e. The molecular weight excluding hydrogens is 378 g/mol. The van der Waals surface area contributed by atoms with Gasteiger partial charge in [-0.2, -0.15) is 0 Å². The standard InChI is InChI=1S/C20H14F2N6O/c1-11(29)26-18-9-19(25-10-24-18)27-16-8-17(14-7-12(21)4-5-15(14)22)28-20-13(16)3-2-6-23-20/h2-10H,1H3,(H2,23,24,25,26,27,28,29). The Kier molecular flexibility index (Phi) is 4.78. The van der Waals surface area contributed by atoms with Gasteiger partial charge in [-0.25, -0.2) is 28.7 Å². The van der Waals surface area contributed by atoms with Gasteiger partial charge in [0, 0.05) is 30.1 Å². The van der Waals surface area contributed by atoms with E-state index in [0.29, 0.717) is 28.4 Å². The molecule has 0 spiro atoms. The maximum absolute atomic E-state index is 14.3. The Balaban J connectivity index is 1.81. The zero-order chi connectivity index (χ0) is 20.4. The first-order valence-electron chi connectivity index (χ1n) is 8.57. The van der Waals surface area contributed by atoms with Crippen LogP contribution in [0.1, 0.15) is 6.92 Å². The molecule has 0 saturated heterocycles. The van der Waals surface area contributed by atoms with Crippen molar-refractivity contribution in [2.24, 2.45) is 0 Å². The number of hydrogen-bond donors (Lipinski definition) is 2. The number of aromatic nitrogens is 4. The van der Waals surface area contributed by atoms with E-state index in [1.807, 2.05) is 0 Å². The molecule has 3 aromatic heterocycles. The SMILES string of the molecule is CC(=O)Nc1cc(Nc2cc(-c3cc(F)ccc3F)nc3ncccc23)ncn1. The molecule has 0 radical (unpaired) electrons. The molecule has 0 unspecified atom stereocenters. The molecule has 29 heavy (non-hydrogen) atoms. The predicted octanol–water partition coefficient (Wildman–Crippen LogP) is 4.07. The summed E-state index contributed by atoms with van der Waals surface area (Å²) in [7, 11) is 0. The van der Waals surface area contributed by atoms with E-state index in [0.717, 1.165) is 18.2 Å². The number of anilines is 3. The summed E-state index contributed by atoms with van der Waals surface area (Å²) < 4.78 is 27.9. The molecule has 4 rings (SSSR count). The highest BCUT2D eigenvalue weighted by molar-refractivity contribution is 5.93. The topological polar surface area (TPSA) is 92.7 Å². The monoisotopic (exact) mass is 392 g/mol. The van der Waals surface area contributed by atoms with Gasteiger partial charge in [0.2, 0.25) is 5.91 Å². The first-order chi connectivity index (χ1) is 14.0. The number of pyridine rings is 2. The molecule has 0 aliphatic heterocycles. The van der Waals surface area contributed by atoms with Gasteiger partial charge < -0.3 is 10.6 Å². The quantitative estimate of drug-likeness (QED) is 0.544. The fourth-order valence-electron chi connectivity index (χ4n) is 2.80. The fourth-order valence-corrected chi connectivity index (χ4v) is 2.80. The number of carbonyl (C=O) groups is 1. The normalized spacial score (nSPS) is 10.7. The molecule has 0 atom stereocenters. The Hall–Kier alpha value is -4.01. The van der Waals surface area contributed by atoms with Crippen molar-refractivity contribution in [1.82, 2.24) is 19.9 Å². The highest BCUT2D eigenvalue weighted by Gasteiger charge is 2.13. The van der Waals surface area contributed by atoms with E-state index in [-0.39, 0.29) is 17.2 Å². The second-order valence-corrected chi connectivity index (χ2v) is 6.15. The summed E-state index contributed by atoms with van der Waals surface area (Å²) in [6.45, 7) is 1.37. The van der Waals surface area contributed by atoms with Crippen LogP contribution in [0.25, 0.3) is 22.3 Å². The van der Waals surface area contributed by atoms with Crippen LogP contribution in [0.2, 0.25) is 0 Å². The van der Waals surface area contributed by atoms with Gasteiger partial charge in [-0.05, 0) is 36.4 Å². The number of nitrogens with one attached hydrogen (secondary N) is 2. The zero-order valence-corrected chi connectivity index (χ0v) is 15.1. The molecule has 0 aliphatic rings. The molecule has 9 heteroatoms. The maximum atomic E-state index is 14.3. The Labute approximate surface area is 163 Å². The summed E-state index contributed by atoms with van der Waals surface area (Å²) in [6, 6.07) is 9.83. The third kappa shape index (κ3) is 3.98. The Morgan fingerprint density at radius 1 is 1.00 bits per heavy atom. The second-order valence-electron chi connectivity index (χ2n) is 6.15. The van der Waals surface area contributed by atoms with E-state index in [2.05, 4.69) is 30.6 Å². The van der Waals surface area contributed by atoms with Crippen molar-refractivity contribution in [2.75, 3.05) is 10.6 Å². The van der Waals surface area contributed by atoms with Crippen molar-refractivity contribution in [1.29, 1.82) is 0 Å². The van der Waals surface area contributed by atoms with E-state index in [1.54, 1.807) is 30.5 Å². The van der Waals surface area contributed by atoms with E-state index < -0.39 is 11.6 Å². The van der Waals surface area contributed by atoms with Crippen LogP contribution in [0.15, 0.2) is 55.0 Å². The highest BCUT2D eigenvalue weighted by Crippen LogP contribution is 2.31. The van der Waals surface area contributed by atoms with Crippen LogP contribution in [0, 0.1) is 11.6 Å². The third-order valence-corrected chi connectivity index (χ3v) is 4.02. The molecule has 144 valence electrons. The lowest BCUT2D eigenvalue weighted by Gasteiger charge is -2.12. The van der Waals surface area contributed by atoms with Crippen LogP contribution in [0.3, 0.4) is 0 Å². The van der Waals surface area contributed by atoms with Gasteiger partial charge in [0.1, 0.15) is 29.6 Å². The lowest BCUT2D eigenvalue weighted by Crippen LogP contribution is -2.08. The fraction of sp³-hybridized carbons (Fsp3) is 0.0500. The highest BCUT2D eigenvalue weighted by atomic mass is 19.1. The average molecular weight is 392 g/mol. The summed E-state index contributed by atoms with van der Waals surface area (Å²) in [5, 5.41) is 6.34. The average Bonchev–Trinajstić information content (AvgIpc) is 2.69. The minimum absolute atomic E-state index is 0.0159. The van der Waals surface area contributed by atoms with Gasteiger partial charge in [0.25, 0.3) is 0 Å². The van der Waals surface area contributed by atoms with Crippen LogP contribution in [0.4, 0.5) is 26.1 Å². The molecule has 2 N–H and O–H groups in total. The van der Waals surface area contributed by atoms with Crippen molar-refractivity contribution in [2.45, 2.75) is 6.92 Å². The minimum Gasteiger partial charge on any atom is -0.339 e. The molecular formula is C20H14F2N6O. The van der Waals surface area contributed by atoms with E-state index in [1.165, 1.54) is 13.3 Å². The van der Waals surface area contributed by atoms with Crippen molar-refractivity contribution in [3.05, 3.63) is 66.6 Å². The molecule has 0 saturated carbocycles. The van der Waals surface area contributed by atoms with E-state index in [4.69, 9.17) is 0 Å². The van der Waals surface area contributed by atoms with Crippen LogP contribution < -0.4 is 10.6 Å². The molecule has 1 aromatic carbocycles. The predicted molar refractivity (Wildman–Crippen MR) is 105 cm³/mol. The van der Waals surface area contributed by atoms with Crippen LogP contribution in [-0.4, -0.2) is 25.8 Å². The number of hydrogen-bond acceptors (Lipinski definition) is 6. The molecule has 4 aromatic rings. The number of benzene rings is 1. The zero-order valence-electron chi connectivity index (χ0n) is 15.1. The number of nitrogens with zero attached hydrogens (tertiary/aromatic N) is 4. The lowest BCUT2D eigenvalue weighted by atomic mass is 10.1. The summed E-state index contributed by atoms with van der Waals surface area (Å²) in [4.78, 5) is 27.9. The second kappa shape index (κ2) is 7.55.